The number of carboxylic acid groups (broad SMARTS) is 1. The fourth-order valence-corrected chi connectivity index (χ4v) is 2.01. The Morgan fingerprint density at radius 1 is 1.57 bits per heavy atom. The molecule has 1 aliphatic rings. The Morgan fingerprint density at radius 2 is 2.29 bits per heavy atom. The molecule has 3 nitrogen and oxygen atoms in total. The van der Waals surface area contributed by atoms with E-state index in [-0.39, 0.29) is 12.0 Å². The molecule has 14 heavy (non-hydrogen) atoms. The quantitative estimate of drug-likeness (QED) is 0.740. The van der Waals surface area contributed by atoms with Crippen molar-refractivity contribution in [1.82, 2.24) is 0 Å². The highest BCUT2D eigenvalue weighted by atomic mass is 16.5. The summed E-state index contributed by atoms with van der Waals surface area (Å²) >= 11 is 0. The molecule has 0 radical (unpaired) electrons. The first-order valence-corrected chi connectivity index (χ1v) is 5.44. The first-order chi connectivity index (χ1) is 6.59. The molecule has 1 aliphatic heterocycles. The summed E-state index contributed by atoms with van der Waals surface area (Å²) in [5, 5.41) is 9.03. The number of hydrogen-bond acceptors (Lipinski definition) is 2. The zero-order valence-corrected chi connectivity index (χ0v) is 9.03. The summed E-state index contributed by atoms with van der Waals surface area (Å²) in [6.07, 6.45) is 3.75. The molecule has 0 saturated carbocycles. The van der Waals surface area contributed by atoms with Crippen LogP contribution in [0.5, 0.6) is 0 Å². The van der Waals surface area contributed by atoms with Gasteiger partial charge in [-0.15, -0.1) is 0 Å². The van der Waals surface area contributed by atoms with Gasteiger partial charge in [-0.2, -0.15) is 0 Å². The molecule has 2 atom stereocenters. The van der Waals surface area contributed by atoms with Gasteiger partial charge < -0.3 is 9.84 Å². The van der Waals surface area contributed by atoms with Crippen molar-refractivity contribution in [2.75, 3.05) is 6.61 Å². The molecule has 1 rings (SSSR count). The standard InChI is InChI=1S/C11H20O3/c1-8(2)6-9(11(12)13)7-10-4-3-5-14-10/h8-10H,3-7H2,1-2H3,(H,12,13). The van der Waals surface area contributed by atoms with E-state index in [1.54, 1.807) is 0 Å². The van der Waals surface area contributed by atoms with Crippen LogP contribution in [-0.2, 0) is 9.53 Å². The van der Waals surface area contributed by atoms with Crippen LogP contribution in [0.3, 0.4) is 0 Å². The van der Waals surface area contributed by atoms with Gasteiger partial charge >= 0.3 is 5.97 Å². The number of carboxylic acids is 1. The summed E-state index contributed by atoms with van der Waals surface area (Å²) in [5.74, 6) is -0.454. The second-order valence-corrected chi connectivity index (χ2v) is 4.54. The lowest BCUT2D eigenvalue weighted by atomic mass is 9.91. The minimum Gasteiger partial charge on any atom is -0.481 e. The predicted molar refractivity (Wildman–Crippen MR) is 54.2 cm³/mol. The van der Waals surface area contributed by atoms with Crippen LogP contribution in [0.4, 0.5) is 0 Å². The molecule has 1 saturated heterocycles. The SMILES string of the molecule is CC(C)CC(CC1CCCO1)C(=O)O. The van der Waals surface area contributed by atoms with Crippen LogP contribution in [0.15, 0.2) is 0 Å². The molecule has 82 valence electrons. The number of hydrogen-bond donors (Lipinski definition) is 1. The minimum atomic E-state index is -0.672. The number of carbonyl (C=O) groups is 1. The van der Waals surface area contributed by atoms with Crippen molar-refractivity contribution in [3.8, 4) is 0 Å². The van der Waals surface area contributed by atoms with Crippen LogP contribution in [-0.4, -0.2) is 23.8 Å². The van der Waals surface area contributed by atoms with Gasteiger partial charge in [0.15, 0.2) is 0 Å². The lowest BCUT2D eigenvalue weighted by Gasteiger charge is -2.18. The predicted octanol–water partition coefficient (Wildman–Crippen LogP) is 2.30. The Bertz CT molecular complexity index is 183. The highest BCUT2D eigenvalue weighted by Gasteiger charge is 2.25. The maximum absolute atomic E-state index is 11.0. The van der Waals surface area contributed by atoms with E-state index in [9.17, 15) is 4.79 Å². The molecule has 3 heteroatoms. The van der Waals surface area contributed by atoms with Crippen LogP contribution in [0.25, 0.3) is 0 Å². The summed E-state index contributed by atoms with van der Waals surface area (Å²) in [7, 11) is 0. The van der Waals surface area contributed by atoms with Gasteiger partial charge in [-0.1, -0.05) is 13.8 Å². The van der Waals surface area contributed by atoms with Gasteiger partial charge in [-0.3, -0.25) is 4.79 Å². The molecular weight excluding hydrogens is 180 g/mol. The topological polar surface area (TPSA) is 46.5 Å². The van der Waals surface area contributed by atoms with E-state index in [0.29, 0.717) is 12.3 Å². The normalized spacial score (nSPS) is 24.1. The van der Waals surface area contributed by atoms with Crippen molar-refractivity contribution < 1.29 is 14.6 Å². The molecule has 1 fully saturated rings. The third-order valence-corrected chi connectivity index (χ3v) is 2.68. The second kappa shape index (κ2) is 5.35. The Balaban J connectivity index is 2.37. The van der Waals surface area contributed by atoms with E-state index in [2.05, 4.69) is 13.8 Å². The van der Waals surface area contributed by atoms with Gasteiger partial charge in [0.05, 0.1) is 12.0 Å². The molecule has 0 aromatic rings. The van der Waals surface area contributed by atoms with Crippen molar-refractivity contribution in [3.05, 3.63) is 0 Å². The fourth-order valence-electron chi connectivity index (χ4n) is 2.01. The van der Waals surface area contributed by atoms with Crippen molar-refractivity contribution >= 4 is 5.97 Å². The third-order valence-electron chi connectivity index (χ3n) is 2.68. The van der Waals surface area contributed by atoms with E-state index >= 15 is 0 Å². The van der Waals surface area contributed by atoms with Gasteiger partial charge in [0.2, 0.25) is 0 Å². The zero-order chi connectivity index (χ0) is 10.6. The Labute approximate surface area is 85.5 Å². The van der Waals surface area contributed by atoms with Gasteiger partial charge in [0.25, 0.3) is 0 Å². The summed E-state index contributed by atoms with van der Waals surface area (Å²) in [4.78, 5) is 11.0. The molecular formula is C11H20O3. The van der Waals surface area contributed by atoms with E-state index in [1.807, 2.05) is 0 Å². The van der Waals surface area contributed by atoms with Gasteiger partial charge in [0, 0.05) is 6.61 Å². The molecule has 0 bridgehead atoms. The largest absolute Gasteiger partial charge is 0.481 e. The molecule has 2 unspecified atom stereocenters. The van der Waals surface area contributed by atoms with Crippen molar-refractivity contribution in [1.29, 1.82) is 0 Å². The van der Waals surface area contributed by atoms with Crippen LogP contribution >= 0.6 is 0 Å². The highest BCUT2D eigenvalue weighted by molar-refractivity contribution is 5.69. The van der Waals surface area contributed by atoms with E-state index in [1.165, 1.54) is 0 Å². The summed E-state index contributed by atoms with van der Waals surface area (Å²) < 4.78 is 5.45. The van der Waals surface area contributed by atoms with Crippen LogP contribution in [0.2, 0.25) is 0 Å². The lowest BCUT2D eigenvalue weighted by Crippen LogP contribution is -2.21. The number of ether oxygens (including phenoxy) is 1. The smallest absolute Gasteiger partial charge is 0.306 e. The van der Waals surface area contributed by atoms with Crippen LogP contribution in [0, 0.1) is 11.8 Å². The molecule has 0 spiro atoms. The van der Waals surface area contributed by atoms with Crippen LogP contribution in [0.1, 0.15) is 39.5 Å². The monoisotopic (exact) mass is 200 g/mol. The van der Waals surface area contributed by atoms with Gasteiger partial charge in [-0.25, -0.2) is 0 Å². The number of aliphatic carboxylic acids is 1. The molecule has 0 aliphatic carbocycles. The van der Waals surface area contributed by atoms with Gasteiger partial charge in [-0.05, 0) is 31.6 Å². The molecule has 1 heterocycles. The summed E-state index contributed by atoms with van der Waals surface area (Å²) in [6, 6.07) is 0. The maximum atomic E-state index is 11.0. The summed E-state index contributed by atoms with van der Waals surface area (Å²) in [6.45, 7) is 4.93. The van der Waals surface area contributed by atoms with Crippen molar-refractivity contribution in [3.63, 3.8) is 0 Å². The molecule has 0 aromatic heterocycles. The zero-order valence-electron chi connectivity index (χ0n) is 9.03. The van der Waals surface area contributed by atoms with Gasteiger partial charge in [0.1, 0.15) is 0 Å². The van der Waals surface area contributed by atoms with E-state index in [0.717, 1.165) is 25.9 Å². The van der Waals surface area contributed by atoms with Crippen molar-refractivity contribution in [2.45, 2.75) is 45.6 Å². The Hall–Kier alpha value is -0.570. The number of rotatable bonds is 5. The average Bonchev–Trinajstić information content (AvgIpc) is 2.54. The van der Waals surface area contributed by atoms with E-state index < -0.39 is 5.97 Å². The Morgan fingerprint density at radius 3 is 2.71 bits per heavy atom. The Kier molecular flexibility index (Phi) is 4.39. The average molecular weight is 200 g/mol. The third kappa shape index (κ3) is 3.66. The molecule has 0 aromatic carbocycles. The summed E-state index contributed by atoms with van der Waals surface area (Å²) in [5.41, 5.74) is 0. The molecule has 0 amide bonds. The van der Waals surface area contributed by atoms with E-state index in [4.69, 9.17) is 9.84 Å². The van der Waals surface area contributed by atoms with Crippen LogP contribution < -0.4 is 0 Å². The first kappa shape index (κ1) is 11.5. The fraction of sp³-hybridized carbons (Fsp3) is 0.909. The maximum Gasteiger partial charge on any atom is 0.306 e. The first-order valence-electron chi connectivity index (χ1n) is 5.44. The molecule has 1 N–H and O–H groups in total. The highest BCUT2D eigenvalue weighted by Crippen LogP contribution is 2.24. The lowest BCUT2D eigenvalue weighted by molar-refractivity contribution is -0.143. The minimum absolute atomic E-state index is 0.190. The second-order valence-electron chi connectivity index (χ2n) is 4.54. The van der Waals surface area contributed by atoms with Crippen molar-refractivity contribution in [2.24, 2.45) is 11.8 Å².